The van der Waals surface area contributed by atoms with Gasteiger partial charge in [-0.15, -0.1) is 0 Å². The first-order valence-electron chi connectivity index (χ1n) is 13.6. The third-order valence-corrected chi connectivity index (χ3v) is 12.6. The smallest absolute Gasteiger partial charge is 0.0636 e. The summed E-state index contributed by atoms with van der Waals surface area (Å²) < 4.78 is 0. The molecule has 5 rings (SSSR count). The van der Waals surface area contributed by atoms with E-state index in [-0.39, 0.29) is 28.5 Å². The zero-order valence-corrected chi connectivity index (χ0v) is 21.6. The molecule has 0 saturated heterocycles. The van der Waals surface area contributed by atoms with Gasteiger partial charge in [-0.05, 0) is 111 Å². The molecule has 32 heavy (non-hydrogen) atoms. The highest BCUT2D eigenvalue weighted by Crippen LogP contribution is 2.73. The van der Waals surface area contributed by atoms with Gasteiger partial charge in [0.05, 0.1) is 12.2 Å². The highest BCUT2D eigenvalue weighted by molar-refractivity contribution is 5.39. The lowest BCUT2D eigenvalue weighted by Gasteiger charge is -2.62. The Labute approximate surface area is 197 Å². The van der Waals surface area contributed by atoms with Crippen LogP contribution in [0.2, 0.25) is 0 Å². The average molecular weight is 441 g/mol. The molecule has 5 aliphatic rings. The van der Waals surface area contributed by atoms with Gasteiger partial charge >= 0.3 is 0 Å². The molecule has 0 spiro atoms. The summed E-state index contributed by atoms with van der Waals surface area (Å²) in [7, 11) is 0. The molecule has 5 aliphatic carbocycles. The van der Waals surface area contributed by atoms with Gasteiger partial charge in [0.25, 0.3) is 0 Å². The number of rotatable bonds is 2. The van der Waals surface area contributed by atoms with Crippen LogP contribution in [0.4, 0.5) is 0 Å². The first kappa shape index (κ1) is 23.2. The number of aliphatic hydroxyl groups excluding tert-OH is 2. The summed E-state index contributed by atoms with van der Waals surface area (Å²) in [6.07, 6.45) is 11.6. The maximum absolute atomic E-state index is 11.3. The Morgan fingerprint density at radius 1 is 0.844 bits per heavy atom. The Bertz CT molecular complexity index is 838. The summed E-state index contributed by atoms with van der Waals surface area (Å²) in [4.78, 5) is 0. The van der Waals surface area contributed by atoms with Gasteiger partial charge in [-0.2, -0.15) is 0 Å². The lowest BCUT2D eigenvalue weighted by molar-refractivity contribution is -0.0970. The third-order valence-electron chi connectivity index (χ3n) is 12.6. The summed E-state index contributed by atoms with van der Waals surface area (Å²) in [6.45, 7) is 18.7. The van der Waals surface area contributed by atoms with Crippen LogP contribution < -0.4 is 0 Å². The Balaban J connectivity index is 1.50. The fourth-order valence-corrected chi connectivity index (χ4v) is 10.4. The highest BCUT2D eigenvalue weighted by atomic mass is 16.3. The van der Waals surface area contributed by atoms with Gasteiger partial charge in [-0.25, -0.2) is 0 Å². The van der Waals surface area contributed by atoms with Crippen molar-refractivity contribution in [2.75, 3.05) is 0 Å². The molecule has 0 heterocycles. The minimum Gasteiger partial charge on any atom is -0.393 e. The van der Waals surface area contributed by atoms with E-state index >= 15 is 0 Å². The largest absolute Gasteiger partial charge is 0.393 e. The van der Waals surface area contributed by atoms with Crippen molar-refractivity contribution in [3.05, 3.63) is 23.3 Å². The van der Waals surface area contributed by atoms with Crippen molar-refractivity contribution in [3.8, 4) is 0 Å². The van der Waals surface area contributed by atoms with E-state index in [1.54, 1.807) is 5.57 Å². The van der Waals surface area contributed by atoms with Crippen LogP contribution in [0.1, 0.15) is 106 Å². The topological polar surface area (TPSA) is 40.5 Å². The molecule has 0 bridgehead atoms. The van der Waals surface area contributed by atoms with Gasteiger partial charge in [0.15, 0.2) is 0 Å². The molecule has 0 aromatic heterocycles. The summed E-state index contributed by atoms with van der Waals surface area (Å²) in [5.41, 5.74) is 5.63. The van der Waals surface area contributed by atoms with Crippen LogP contribution in [-0.4, -0.2) is 22.4 Å². The Morgan fingerprint density at radius 2 is 1.56 bits per heavy atom. The van der Waals surface area contributed by atoms with E-state index in [1.807, 2.05) is 5.57 Å². The Hall–Kier alpha value is -0.600. The SMILES string of the molecule is C=C(C)[C@H]1CC[C@H]([C@H]2CC[C@@]3(C)C4=C(CC[C@]23C)[C@@]2(C)CC[C@H](O)C(C)(C)[C@@H]2CC4)[C@@H]1O. The van der Waals surface area contributed by atoms with Gasteiger partial charge < -0.3 is 10.2 Å². The first-order chi connectivity index (χ1) is 14.9. The molecule has 0 aliphatic heterocycles. The van der Waals surface area contributed by atoms with E-state index in [9.17, 15) is 10.2 Å². The maximum atomic E-state index is 11.3. The number of aliphatic hydroxyl groups is 2. The molecule has 3 fully saturated rings. The zero-order valence-electron chi connectivity index (χ0n) is 21.6. The molecule has 2 heteroatoms. The molecule has 0 aromatic carbocycles. The van der Waals surface area contributed by atoms with Crippen molar-refractivity contribution in [3.63, 3.8) is 0 Å². The minimum absolute atomic E-state index is 0.0108. The number of hydrogen-bond donors (Lipinski definition) is 2. The van der Waals surface area contributed by atoms with Crippen LogP contribution in [-0.2, 0) is 0 Å². The van der Waals surface area contributed by atoms with Crippen molar-refractivity contribution < 1.29 is 10.2 Å². The normalized spacial score (nSPS) is 52.4. The lowest BCUT2D eigenvalue weighted by Crippen LogP contribution is -2.55. The monoisotopic (exact) mass is 440 g/mol. The van der Waals surface area contributed by atoms with Crippen molar-refractivity contribution in [2.24, 2.45) is 45.3 Å². The Morgan fingerprint density at radius 3 is 2.22 bits per heavy atom. The van der Waals surface area contributed by atoms with Crippen LogP contribution in [0.15, 0.2) is 23.3 Å². The van der Waals surface area contributed by atoms with E-state index in [0.29, 0.717) is 29.1 Å². The second-order valence-corrected chi connectivity index (χ2v) is 13.9. The maximum Gasteiger partial charge on any atom is 0.0636 e. The number of fused-ring (bicyclic) bond motifs is 4. The molecule has 3 saturated carbocycles. The fraction of sp³-hybridized carbons (Fsp3) is 0.867. The molecule has 180 valence electrons. The van der Waals surface area contributed by atoms with Gasteiger partial charge in [0.2, 0.25) is 0 Å². The van der Waals surface area contributed by atoms with Crippen molar-refractivity contribution in [2.45, 2.75) is 118 Å². The van der Waals surface area contributed by atoms with E-state index in [2.05, 4.69) is 48.1 Å². The van der Waals surface area contributed by atoms with E-state index < -0.39 is 0 Å². The number of hydrogen-bond acceptors (Lipinski definition) is 2. The molecule has 2 N–H and O–H groups in total. The molecule has 9 atom stereocenters. The van der Waals surface area contributed by atoms with E-state index in [0.717, 1.165) is 19.3 Å². The summed E-state index contributed by atoms with van der Waals surface area (Å²) in [6, 6.07) is 0. The van der Waals surface area contributed by atoms with Crippen LogP contribution in [0.25, 0.3) is 0 Å². The second-order valence-electron chi connectivity index (χ2n) is 13.9. The second kappa shape index (κ2) is 7.20. The Kier molecular flexibility index (Phi) is 5.21. The molecule has 2 nitrogen and oxygen atoms in total. The molecule has 0 aromatic rings. The first-order valence-corrected chi connectivity index (χ1v) is 13.6. The van der Waals surface area contributed by atoms with Gasteiger partial charge in [-0.3, -0.25) is 0 Å². The predicted molar refractivity (Wildman–Crippen MR) is 132 cm³/mol. The van der Waals surface area contributed by atoms with E-state index in [1.165, 1.54) is 50.5 Å². The molecular weight excluding hydrogens is 392 g/mol. The van der Waals surface area contributed by atoms with Crippen molar-refractivity contribution >= 4 is 0 Å². The van der Waals surface area contributed by atoms with Crippen LogP contribution in [0.3, 0.4) is 0 Å². The molecule has 0 radical (unpaired) electrons. The highest BCUT2D eigenvalue weighted by Gasteiger charge is 2.64. The summed E-state index contributed by atoms with van der Waals surface area (Å²) in [5.74, 6) is 1.98. The summed E-state index contributed by atoms with van der Waals surface area (Å²) >= 11 is 0. The number of allylic oxidation sites excluding steroid dienone is 2. The fourth-order valence-electron chi connectivity index (χ4n) is 10.4. The van der Waals surface area contributed by atoms with Gasteiger partial charge in [-0.1, -0.05) is 57.9 Å². The minimum atomic E-state index is -0.194. The predicted octanol–water partition coefficient (Wildman–Crippen LogP) is 7.06. The van der Waals surface area contributed by atoms with Gasteiger partial charge in [0, 0.05) is 5.92 Å². The van der Waals surface area contributed by atoms with Crippen LogP contribution >= 0.6 is 0 Å². The standard InChI is InChI=1S/C30H48O2/c1-18(2)19-8-9-20(26(19)32)21-12-16-30(7)23-10-11-24-27(3,4)25(31)14-15-28(24,5)22(23)13-17-29(21,30)6/h19-21,24-26,31-32H,1,8-17H2,2-7H3/t19-,20-,21-,24+,25+,26-,28-,29-,30+/m1/s1. The summed E-state index contributed by atoms with van der Waals surface area (Å²) in [5, 5.41) is 22.1. The van der Waals surface area contributed by atoms with Gasteiger partial charge in [0.1, 0.15) is 0 Å². The molecule has 0 unspecified atom stereocenters. The van der Waals surface area contributed by atoms with Crippen molar-refractivity contribution in [1.29, 1.82) is 0 Å². The molecular formula is C30H48O2. The average Bonchev–Trinajstić information content (AvgIpc) is 3.22. The molecule has 0 amide bonds. The quantitative estimate of drug-likeness (QED) is 0.451. The van der Waals surface area contributed by atoms with Crippen molar-refractivity contribution in [1.82, 2.24) is 0 Å². The third kappa shape index (κ3) is 2.78. The van der Waals surface area contributed by atoms with E-state index in [4.69, 9.17) is 0 Å². The zero-order chi connectivity index (χ0) is 23.3. The lowest BCUT2D eigenvalue weighted by atomic mass is 9.43. The van der Waals surface area contributed by atoms with Crippen LogP contribution in [0.5, 0.6) is 0 Å². The van der Waals surface area contributed by atoms with Crippen LogP contribution in [0, 0.1) is 45.3 Å².